The summed E-state index contributed by atoms with van der Waals surface area (Å²) in [6.07, 6.45) is -5.94. The SMILES string of the molecule is Cn1nc(-c2ccc3cnccc3c2)c(C(F)(F)F)c1C(=O)Nc1ccnc(C(F)(F)F)c1. The Hall–Kier alpha value is -3.96. The Labute approximate surface area is 181 Å². The monoisotopic (exact) mass is 465 g/mol. The molecule has 4 rings (SSSR count). The summed E-state index contributed by atoms with van der Waals surface area (Å²) < 4.78 is 81.5. The van der Waals surface area contributed by atoms with Crippen molar-refractivity contribution in [2.45, 2.75) is 12.4 Å². The van der Waals surface area contributed by atoms with Crippen molar-refractivity contribution in [3.63, 3.8) is 0 Å². The number of rotatable bonds is 3. The van der Waals surface area contributed by atoms with Crippen LogP contribution in [0, 0.1) is 0 Å². The van der Waals surface area contributed by atoms with Crippen LogP contribution in [0.25, 0.3) is 22.0 Å². The summed E-state index contributed by atoms with van der Waals surface area (Å²) >= 11 is 0. The number of nitrogens with one attached hydrogen (secondary N) is 1. The van der Waals surface area contributed by atoms with E-state index in [2.05, 4.69) is 20.4 Å². The first kappa shape index (κ1) is 22.2. The maximum absolute atomic E-state index is 14.0. The van der Waals surface area contributed by atoms with E-state index in [1.165, 1.54) is 18.3 Å². The van der Waals surface area contributed by atoms with Crippen LogP contribution in [0.3, 0.4) is 0 Å². The Kier molecular flexibility index (Phi) is 5.30. The maximum atomic E-state index is 14.0. The number of fused-ring (bicyclic) bond motifs is 1. The number of pyridine rings is 2. The molecule has 0 radical (unpaired) electrons. The smallest absolute Gasteiger partial charge is 0.321 e. The molecule has 3 aromatic heterocycles. The van der Waals surface area contributed by atoms with Crippen LogP contribution in [0.15, 0.2) is 55.0 Å². The number of hydrogen-bond acceptors (Lipinski definition) is 4. The van der Waals surface area contributed by atoms with Crippen molar-refractivity contribution in [2.75, 3.05) is 5.32 Å². The highest BCUT2D eigenvalue weighted by atomic mass is 19.4. The Morgan fingerprint density at radius 3 is 2.39 bits per heavy atom. The van der Waals surface area contributed by atoms with Crippen LogP contribution in [0.5, 0.6) is 0 Å². The van der Waals surface area contributed by atoms with Crippen molar-refractivity contribution in [2.24, 2.45) is 7.05 Å². The largest absolute Gasteiger partial charge is 0.433 e. The first-order valence-corrected chi connectivity index (χ1v) is 9.28. The minimum atomic E-state index is -4.97. The number of halogens is 6. The van der Waals surface area contributed by atoms with E-state index in [-0.39, 0.29) is 11.3 Å². The van der Waals surface area contributed by atoms with Crippen molar-refractivity contribution in [3.05, 3.63) is 71.9 Å². The molecule has 0 aliphatic rings. The van der Waals surface area contributed by atoms with E-state index >= 15 is 0 Å². The lowest BCUT2D eigenvalue weighted by atomic mass is 10.0. The molecular weight excluding hydrogens is 452 g/mol. The second kappa shape index (κ2) is 7.87. The quantitative estimate of drug-likeness (QED) is 0.416. The van der Waals surface area contributed by atoms with Gasteiger partial charge in [0.25, 0.3) is 5.91 Å². The number of amides is 1. The van der Waals surface area contributed by atoms with E-state index < -0.39 is 40.9 Å². The third kappa shape index (κ3) is 4.36. The summed E-state index contributed by atoms with van der Waals surface area (Å²) in [4.78, 5) is 19.8. The Morgan fingerprint density at radius 1 is 0.939 bits per heavy atom. The molecule has 0 unspecified atom stereocenters. The number of alkyl halides is 6. The summed E-state index contributed by atoms with van der Waals surface area (Å²) in [7, 11) is 1.15. The third-order valence-corrected chi connectivity index (χ3v) is 4.77. The number of nitrogens with zero attached hydrogens (tertiary/aromatic N) is 4. The Morgan fingerprint density at radius 2 is 1.70 bits per heavy atom. The van der Waals surface area contributed by atoms with Crippen LogP contribution in [-0.4, -0.2) is 25.7 Å². The first-order valence-electron chi connectivity index (χ1n) is 9.28. The van der Waals surface area contributed by atoms with E-state index in [0.717, 1.165) is 24.0 Å². The molecule has 0 spiro atoms. The minimum Gasteiger partial charge on any atom is -0.321 e. The molecule has 0 fully saturated rings. The number of benzene rings is 1. The average Bonchev–Trinajstić information content (AvgIpc) is 3.11. The Balaban J connectivity index is 1.79. The number of aromatic nitrogens is 4. The van der Waals surface area contributed by atoms with Gasteiger partial charge in [0.15, 0.2) is 0 Å². The summed E-state index contributed by atoms with van der Waals surface area (Å²) in [6.45, 7) is 0. The highest BCUT2D eigenvalue weighted by molar-refractivity contribution is 6.05. The van der Waals surface area contributed by atoms with Crippen LogP contribution in [0.2, 0.25) is 0 Å². The van der Waals surface area contributed by atoms with Gasteiger partial charge in [0, 0.05) is 42.3 Å². The molecule has 6 nitrogen and oxygen atoms in total. The highest BCUT2D eigenvalue weighted by Crippen LogP contribution is 2.40. The van der Waals surface area contributed by atoms with Gasteiger partial charge in [-0.15, -0.1) is 0 Å². The van der Waals surface area contributed by atoms with Gasteiger partial charge in [-0.1, -0.05) is 12.1 Å². The average molecular weight is 465 g/mol. The molecule has 4 aromatic rings. The zero-order valence-corrected chi connectivity index (χ0v) is 16.7. The van der Waals surface area contributed by atoms with Crippen LogP contribution in [0.1, 0.15) is 21.7 Å². The van der Waals surface area contributed by atoms with Gasteiger partial charge in [0.1, 0.15) is 22.6 Å². The Bertz CT molecular complexity index is 1360. The number of carbonyl (C=O) groups is 1. The molecule has 33 heavy (non-hydrogen) atoms. The summed E-state index contributed by atoms with van der Waals surface area (Å²) in [5.41, 5.74) is -4.19. The standard InChI is InChI=1S/C21H13F6N5O/c1-32-18(19(33)30-14-5-7-29-15(9-14)20(22,23)24)16(21(25,26)27)17(31-32)12-2-3-13-10-28-6-4-11(13)8-12/h2-10H,1H3,(H,29,30,33). The predicted molar refractivity (Wildman–Crippen MR) is 106 cm³/mol. The van der Waals surface area contributed by atoms with Crippen molar-refractivity contribution < 1.29 is 31.1 Å². The normalized spacial score (nSPS) is 12.2. The van der Waals surface area contributed by atoms with Crippen LogP contribution >= 0.6 is 0 Å². The highest BCUT2D eigenvalue weighted by Gasteiger charge is 2.42. The molecule has 0 atom stereocenters. The molecule has 0 saturated heterocycles. The molecule has 170 valence electrons. The lowest BCUT2D eigenvalue weighted by Gasteiger charge is -2.12. The van der Waals surface area contributed by atoms with Gasteiger partial charge >= 0.3 is 12.4 Å². The van der Waals surface area contributed by atoms with Gasteiger partial charge in [-0.2, -0.15) is 31.4 Å². The molecule has 1 amide bonds. The van der Waals surface area contributed by atoms with Gasteiger partial charge in [-0.25, -0.2) is 0 Å². The van der Waals surface area contributed by atoms with Crippen molar-refractivity contribution in [1.82, 2.24) is 19.7 Å². The van der Waals surface area contributed by atoms with Crippen molar-refractivity contribution >= 4 is 22.4 Å². The minimum absolute atomic E-state index is 0.110. The van der Waals surface area contributed by atoms with Crippen molar-refractivity contribution in [1.29, 1.82) is 0 Å². The molecule has 3 heterocycles. The molecule has 0 bridgehead atoms. The summed E-state index contributed by atoms with van der Waals surface area (Å²) in [5, 5.41) is 7.28. The maximum Gasteiger partial charge on any atom is 0.433 e. The topological polar surface area (TPSA) is 72.7 Å². The van der Waals surface area contributed by atoms with Gasteiger partial charge in [0.05, 0.1) is 0 Å². The second-order valence-electron chi connectivity index (χ2n) is 7.01. The lowest BCUT2D eigenvalue weighted by Crippen LogP contribution is -2.21. The molecular formula is C21H13F6N5O. The first-order chi connectivity index (χ1) is 15.4. The molecule has 1 aromatic carbocycles. The van der Waals surface area contributed by atoms with E-state index in [1.807, 2.05) is 0 Å². The number of anilines is 1. The van der Waals surface area contributed by atoms with Gasteiger partial charge < -0.3 is 5.32 Å². The number of aryl methyl sites for hydroxylation is 1. The van der Waals surface area contributed by atoms with Crippen LogP contribution in [-0.2, 0) is 19.4 Å². The molecule has 0 aliphatic carbocycles. The van der Waals surface area contributed by atoms with Crippen molar-refractivity contribution in [3.8, 4) is 11.3 Å². The van der Waals surface area contributed by atoms with Gasteiger partial charge in [0.2, 0.25) is 0 Å². The fraction of sp³-hybridized carbons (Fsp3) is 0.143. The van der Waals surface area contributed by atoms with E-state index in [1.54, 1.807) is 18.3 Å². The molecule has 0 aliphatic heterocycles. The zero-order chi connectivity index (χ0) is 24.0. The molecule has 1 N–H and O–H groups in total. The van der Waals surface area contributed by atoms with Crippen LogP contribution in [0.4, 0.5) is 32.0 Å². The predicted octanol–water partition coefficient (Wildman–Crippen LogP) is 5.32. The van der Waals surface area contributed by atoms with Crippen LogP contribution < -0.4 is 5.32 Å². The zero-order valence-electron chi connectivity index (χ0n) is 16.7. The van der Waals surface area contributed by atoms with Gasteiger partial charge in [-0.3, -0.25) is 19.4 Å². The van der Waals surface area contributed by atoms with Gasteiger partial charge in [-0.05, 0) is 29.7 Å². The number of carbonyl (C=O) groups excluding carboxylic acids is 1. The lowest BCUT2D eigenvalue weighted by molar-refractivity contribution is -0.141. The number of hydrogen-bond donors (Lipinski definition) is 1. The second-order valence-corrected chi connectivity index (χ2v) is 7.01. The molecule has 12 heteroatoms. The molecule has 0 saturated carbocycles. The fourth-order valence-corrected chi connectivity index (χ4v) is 3.34. The van der Waals surface area contributed by atoms with E-state index in [9.17, 15) is 31.1 Å². The fourth-order valence-electron chi connectivity index (χ4n) is 3.34. The van der Waals surface area contributed by atoms with E-state index in [0.29, 0.717) is 16.8 Å². The van der Waals surface area contributed by atoms with E-state index in [4.69, 9.17) is 0 Å². The summed E-state index contributed by atoms with van der Waals surface area (Å²) in [5.74, 6) is -1.27. The summed E-state index contributed by atoms with van der Waals surface area (Å²) in [6, 6.07) is 7.65. The third-order valence-electron chi connectivity index (χ3n) is 4.77.